The van der Waals surface area contributed by atoms with E-state index in [1.54, 1.807) is 0 Å². The van der Waals surface area contributed by atoms with Gasteiger partial charge in [0.1, 0.15) is 0 Å². The van der Waals surface area contributed by atoms with Gasteiger partial charge in [-0.2, -0.15) is 0 Å². The highest BCUT2D eigenvalue weighted by atomic mass is 32.1. The molecule has 6 aromatic carbocycles. The highest BCUT2D eigenvalue weighted by Crippen LogP contribution is 2.38. The van der Waals surface area contributed by atoms with E-state index in [-0.39, 0.29) is 0 Å². The van der Waals surface area contributed by atoms with Crippen LogP contribution in [0.2, 0.25) is 0 Å². The minimum Gasteiger partial charge on any atom is -0.309 e. The maximum atomic E-state index is 4.96. The molecule has 2 nitrogen and oxygen atoms in total. The van der Waals surface area contributed by atoms with Crippen LogP contribution in [-0.2, 0) is 0 Å². The van der Waals surface area contributed by atoms with Crippen molar-refractivity contribution in [2.24, 2.45) is 0 Å². The largest absolute Gasteiger partial charge is 0.309 e. The second kappa shape index (κ2) is 8.90. The Morgan fingerprint density at radius 1 is 0.425 bits per heavy atom. The van der Waals surface area contributed by atoms with Crippen LogP contribution in [0, 0.1) is 6.92 Å². The topological polar surface area (TPSA) is 9.86 Å². The maximum absolute atomic E-state index is 4.96. The molecule has 0 saturated carbocycles. The number of nitrogens with zero attached hydrogens (tertiary/aromatic N) is 2. The molecule has 0 saturated heterocycles. The molecule has 8 aromatic rings. The molecule has 8 rings (SSSR count). The van der Waals surface area contributed by atoms with Crippen LogP contribution in [0.15, 0.2) is 138 Å². The molecule has 190 valence electrons. The van der Waals surface area contributed by atoms with Gasteiger partial charge in [0.25, 0.3) is 0 Å². The van der Waals surface area contributed by atoms with Crippen LogP contribution in [0.25, 0.3) is 66.1 Å². The van der Waals surface area contributed by atoms with E-state index in [1.807, 2.05) is 0 Å². The van der Waals surface area contributed by atoms with E-state index in [9.17, 15) is 0 Å². The molecule has 0 aliphatic rings. The SMILES string of the molecule is Cc1ccc(-n2c3ccccc3c3ccccc32)cc1-c1cc(-n2c3ccccc3c3ccccc32)ccc1S. The molecule has 0 spiro atoms. The van der Waals surface area contributed by atoms with Crippen LogP contribution < -0.4 is 0 Å². The van der Waals surface area contributed by atoms with Gasteiger partial charge in [0, 0.05) is 37.8 Å². The van der Waals surface area contributed by atoms with Crippen LogP contribution in [0.5, 0.6) is 0 Å². The Hall–Kier alpha value is -4.73. The summed E-state index contributed by atoms with van der Waals surface area (Å²) in [4.78, 5) is 0.965. The Morgan fingerprint density at radius 3 is 1.25 bits per heavy atom. The Balaban J connectivity index is 1.36. The standard InChI is InChI=1S/C37H26N2S/c1-24-18-19-25(38-33-14-6-2-10-27(33)28-11-3-7-15-34(28)38)22-31(24)32-23-26(20-21-37(32)40)39-35-16-8-4-12-29(35)30-13-5-9-17-36(30)39/h2-23,40H,1H3. The molecular formula is C37H26N2S. The van der Waals surface area contributed by atoms with Crippen LogP contribution >= 0.6 is 12.6 Å². The zero-order valence-corrected chi connectivity index (χ0v) is 22.9. The van der Waals surface area contributed by atoms with E-state index in [0.29, 0.717) is 0 Å². The number of hydrogen-bond donors (Lipinski definition) is 1. The molecule has 0 amide bonds. The van der Waals surface area contributed by atoms with Gasteiger partial charge in [-0.05, 0) is 78.2 Å². The molecule has 0 radical (unpaired) electrons. The summed E-state index contributed by atoms with van der Waals surface area (Å²) in [6, 6.07) is 48.0. The lowest BCUT2D eigenvalue weighted by Crippen LogP contribution is -1.98. The van der Waals surface area contributed by atoms with Gasteiger partial charge in [-0.25, -0.2) is 0 Å². The van der Waals surface area contributed by atoms with Crippen molar-refractivity contribution >= 4 is 56.2 Å². The number of aromatic nitrogens is 2. The molecule has 2 heterocycles. The molecule has 3 heteroatoms. The monoisotopic (exact) mass is 530 g/mol. The third-order valence-corrected chi connectivity index (χ3v) is 8.56. The van der Waals surface area contributed by atoms with Gasteiger partial charge < -0.3 is 9.13 Å². The van der Waals surface area contributed by atoms with E-state index < -0.39 is 0 Å². The van der Waals surface area contributed by atoms with Crippen LogP contribution in [0.1, 0.15) is 5.56 Å². The molecule has 2 aromatic heterocycles. The fraction of sp³-hybridized carbons (Fsp3) is 0.0270. The first-order valence-corrected chi connectivity index (χ1v) is 14.0. The average molecular weight is 531 g/mol. The number of aryl methyl sites for hydroxylation is 1. The number of thiol groups is 1. The number of fused-ring (bicyclic) bond motifs is 6. The third kappa shape index (κ3) is 3.38. The van der Waals surface area contributed by atoms with Crippen molar-refractivity contribution in [2.45, 2.75) is 11.8 Å². The van der Waals surface area contributed by atoms with Crippen molar-refractivity contribution in [1.29, 1.82) is 0 Å². The molecule has 0 bridgehead atoms. The zero-order chi connectivity index (χ0) is 26.8. The van der Waals surface area contributed by atoms with E-state index >= 15 is 0 Å². The quantitative estimate of drug-likeness (QED) is 0.218. The van der Waals surface area contributed by atoms with Crippen LogP contribution in [0.4, 0.5) is 0 Å². The minimum atomic E-state index is 0.965. The summed E-state index contributed by atoms with van der Waals surface area (Å²) in [5.41, 5.74) is 10.6. The number of rotatable bonds is 3. The number of hydrogen-bond acceptors (Lipinski definition) is 1. The lowest BCUT2D eigenvalue weighted by molar-refractivity contribution is 1.16. The summed E-state index contributed by atoms with van der Waals surface area (Å²) in [5.74, 6) is 0. The molecule has 0 aliphatic carbocycles. The summed E-state index contributed by atoms with van der Waals surface area (Å²) in [5, 5.41) is 5.06. The average Bonchev–Trinajstić information content (AvgIpc) is 3.51. The zero-order valence-electron chi connectivity index (χ0n) is 22.0. The highest BCUT2D eigenvalue weighted by molar-refractivity contribution is 7.80. The second-order valence-corrected chi connectivity index (χ2v) is 10.9. The normalized spacial score (nSPS) is 11.8. The first-order valence-electron chi connectivity index (χ1n) is 13.6. The van der Waals surface area contributed by atoms with Crippen molar-refractivity contribution in [3.8, 4) is 22.5 Å². The molecule has 0 atom stereocenters. The van der Waals surface area contributed by atoms with E-state index in [2.05, 4.69) is 150 Å². The Bertz CT molecular complexity index is 1980. The summed E-state index contributed by atoms with van der Waals surface area (Å²) >= 11 is 4.96. The van der Waals surface area contributed by atoms with Crippen molar-refractivity contribution in [1.82, 2.24) is 9.13 Å². The molecule has 0 unspecified atom stereocenters. The van der Waals surface area contributed by atoms with Gasteiger partial charge in [0.15, 0.2) is 0 Å². The number of benzene rings is 6. The van der Waals surface area contributed by atoms with E-state index in [4.69, 9.17) is 12.6 Å². The molecule has 40 heavy (non-hydrogen) atoms. The lowest BCUT2D eigenvalue weighted by atomic mass is 9.99. The van der Waals surface area contributed by atoms with E-state index in [1.165, 1.54) is 54.7 Å². The first kappa shape index (κ1) is 23.2. The highest BCUT2D eigenvalue weighted by Gasteiger charge is 2.16. The minimum absolute atomic E-state index is 0.965. The maximum Gasteiger partial charge on any atom is 0.0541 e. The Kier molecular flexibility index (Phi) is 5.16. The summed E-state index contributed by atoms with van der Waals surface area (Å²) in [6.07, 6.45) is 0. The van der Waals surface area contributed by atoms with Crippen molar-refractivity contribution in [3.05, 3.63) is 139 Å². The molecule has 0 fully saturated rings. The Morgan fingerprint density at radius 2 is 0.800 bits per heavy atom. The molecule has 0 N–H and O–H groups in total. The summed E-state index contributed by atoms with van der Waals surface area (Å²) in [6.45, 7) is 2.19. The van der Waals surface area contributed by atoms with Gasteiger partial charge in [0.2, 0.25) is 0 Å². The summed E-state index contributed by atoms with van der Waals surface area (Å²) in [7, 11) is 0. The summed E-state index contributed by atoms with van der Waals surface area (Å²) < 4.78 is 4.75. The predicted molar refractivity (Wildman–Crippen MR) is 173 cm³/mol. The van der Waals surface area contributed by atoms with Crippen LogP contribution in [-0.4, -0.2) is 9.13 Å². The van der Waals surface area contributed by atoms with Crippen molar-refractivity contribution in [2.75, 3.05) is 0 Å². The first-order chi connectivity index (χ1) is 19.7. The molecular weight excluding hydrogens is 504 g/mol. The van der Waals surface area contributed by atoms with Crippen molar-refractivity contribution in [3.63, 3.8) is 0 Å². The van der Waals surface area contributed by atoms with E-state index in [0.717, 1.165) is 21.8 Å². The fourth-order valence-electron chi connectivity index (χ4n) is 6.32. The van der Waals surface area contributed by atoms with Gasteiger partial charge in [-0.15, -0.1) is 12.6 Å². The smallest absolute Gasteiger partial charge is 0.0541 e. The number of para-hydroxylation sites is 4. The van der Waals surface area contributed by atoms with Gasteiger partial charge >= 0.3 is 0 Å². The molecule has 0 aliphatic heterocycles. The Labute approximate surface area is 238 Å². The van der Waals surface area contributed by atoms with Gasteiger partial charge in [-0.1, -0.05) is 78.9 Å². The second-order valence-electron chi connectivity index (χ2n) is 10.4. The predicted octanol–water partition coefficient (Wildman–Crippen LogP) is 10.1. The van der Waals surface area contributed by atoms with Gasteiger partial charge in [0.05, 0.1) is 22.1 Å². The third-order valence-electron chi connectivity index (χ3n) is 8.17. The van der Waals surface area contributed by atoms with Crippen LogP contribution in [0.3, 0.4) is 0 Å². The lowest BCUT2D eigenvalue weighted by Gasteiger charge is -2.16. The van der Waals surface area contributed by atoms with Crippen molar-refractivity contribution < 1.29 is 0 Å². The fourth-order valence-corrected chi connectivity index (χ4v) is 6.58. The van der Waals surface area contributed by atoms with Gasteiger partial charge in [-0.3, -0.25) is 0 Å².